The molecule has 2 heterocycles. The SMILES string of the molecule is c1ccc(Cc2c3ccccc3n3c2cnc2ccccc23)cc1. The molecule has 2 aromatic heterocycles. The van der Waals surface area contributed by atoms with Crippen LogP contribution in [0.25, 0.3) is 27.5 Å². The Bertz CT molecular complexity index is 1170. The molecule has 0 saturated carbocycles. The molecule has 0 aliphatic carbocycles. The van der Waals surface area contributed by atoms with Crippen LogP contribution in [0.1, 0.15) is 11.1 Å². The molecule has 0 saturated heterocycles. The zero-order valence-corrected chi connectivity index (χ0v) is 13.2. The summed E-state index contributed by atoms with van der Waals surface area (Å²) in [7, 11) is 0. The third-order valence-corrected chi connectivity index (χ3v) is 4.69. The number of aromatic nitrogens is 2. The number of rotatable bonds is 2. The fourth-order valence-electron chi connectivity index (χ4n) is 3.60. The molecule has 5 rings (SSSR count). The van der Waals surface area contributed by atoms with Crippen molar-refractivity contribution in [2.24, 2.45) is 0 Å². The van der Waals surface area contributed by atoms with Crippen molar-refractivity contribution in [3.63, 3.8) is 0 Å². The van der Waals surface area contributed by atoms with Crippen molar-refractivity contribution in [1.82, 2.24) is 9.38 Å². The van der Waals surface area contributed by atoms with Crippen LogP contribution in [0.5, 0.6) is 0 Å². The average Bonchev–Trinajstić information content (AvgIpc) is 2.97. The zero-order chi connectivity index (χ0) is 15.9. The van der Waals surface area contributed by atoms with E-state index in [1.54, 1.807) is 0 Å². The van der Waals surface area contributed by atoms with Gasteiger partial charge in [-0.3, -0.25) is 4.98 Å². The van der Waals surface area contributed by atoms with Gasteiger partial charge in [-0.15, -0.1) is 0 Å². The molecule has 0 aliphatic rings. The molecule has 0 spiro atoms. The largest absolute Gasteiger partial charge is 0.306 e. The van der Waals surface area contributed by atoms with Crippen molar-refractivity contribution in [3.8, 4) is 0 Å². The second-order valence-corrected chi connectivity index (χ2v) is 6.13. The maximum absolute atomic E-state index is 4.69. The molecule has 3 aromatic carbocycles. The van der Waals surface area contributed by atoms with Crippen LogP contribution in [0.15, 0.2) is 85.1 Å². The molecule has 0 unspecified atom stereocenters. The van der Waals surface area contributed by atoms with Crippen LogP contribution in [0.2, 0.25) is 0 Å². The molecule has 0 bridgehead atoms. The van der Waals surface area contributed by atoms with Crippen LogP contribution in [0.4, 0.5) is 0 Å². The second kappa shape index (κ2) is 5.20. The standard InChI is InChI=1S/C22H16N2/c1-2-8-16(9-3-1)14-18-17-10-4-6-12-20(17)24-21-13-7-5-11-19(21)23-15-22(18)24/h1-13,15H,14H2. The van der Waals surface area contributed by atoms with E-state index in [9.17, 15) is 0 Å². The van der Waals surface area contributed by atoms with Crippen molar-refractivity contribution in [2.75, 3.05) is 0 Å². The molecule has 24 heavy (non-hydrogen) atoms. The van der Waals surface area contributed by atoms with Crippen LogP contribution in [-0.4, -0.2) is 9.38 Å². The van der Waals surface area contributed by atoms with Gasteiger partial charge < -0.3 is 4.40 Å². The molecule has 0 N–H and O–H groups in total. The summed E-state index contributed by atoms with van der Waals surface area (Å²) in [6, 6.07) is 27.6. The third-order valence-electron chi connectivity index (χ3n) is 4.69. The van der Waals surface area contributed by atoms with E-state index in [1.807, 2.05) is 12.3 Å². The first-order chi connectivity index (χ1) is 11.9. The van der Waals surface area contributed by atoms with E-state index >= 15 is 0 Å². The van der Waals surface area contributed by atoms with Gasteiger partial charge in [-0.1, -0.05) is 60.7 Å². The van der Waals surface area contributed by atoms with E-state index in [4.69, 9.17) is 0 Å². The summed E-state index contributed by atoms with van der Waals surface area (Å²) in [5, 5.41) is 1.31. The molecular formula is C22H16N2. The van der Waals surface area contributed by atoms with Gasteiger partial charge in [0.2, 0.25) is 0 Å². The maximum Gasteiger partial charge on any atom is 0.0871 e. The van der Waals surface area contributed by atoms with Crippen LogP contribution >= 0.6 is 0 Å². The van der Waals surface area contributed by atoms with Crippen molar-refractivity contribution in [2.45, 2.75) is 6.42 Å². The summed E-state index contributed by atoms with van der Waals surface area (Å²) in [6.07, 6.45) is 2.93. The summed E-state index contributed by atoms with van der Waals surface area (Å²) < 4.78 is 2.34. The molecule has 0 fully saturated rings. The summed E-state index contributed by atoms with van der Waals surface area (Å²) in [6.45, 7) is 0. The fraction of sp³-hybridized carbons (Fsp3) is 0.0455. The Balaban J connectivity index is 1.90. The van der Waals surface area contributed by atoms with Gasteiger partial charge >= 0.3 is 0 Å². The Morgan fingerprint density at radius 2 is 1.38 bits per heavy atom. The van der Waals surface area contributed by atoms with Gasteiger partial charge in [0.15, 0.2) is 0 Å². The van der Waals surface area contributed by atoms with Gasteiger partial charge in [0, 0.05) is 11.8 Å². The minimum absolute atomic E-state index is 0.915. The van der Waals surface area contributed by atoms with E-state index in [0.29, 0.717) is 0 Å². The molecule has 5 aromatic rings. The van der Waals surface area contributed by atoms with Gasteiger partial charge in [0.1, 0.15) is 0 Å². The fourth-order valence-corrected chi connectivity index (χ4v) is 3.60. The first-order valence-corrected chi connectivity index (χ1v) is 8.21. The second-order valence-electron chi connectivity index (χ2n) is 6.13. The molecule has 2 heteroatoms. The highest BCUT2D eigenvalue weighted by molar-refractivity contribution is 5.97. The molecule has 0 aliphatic heterocycles. The number of hydrogen-bond donors (Lipinski definition) is 0. The summed E-state index contributed by atoms with van der Waals surface area (Å²) in [5.41, 5.74) is 7.29. The van der Waals surface area contributed by atoms with E-state index in [0.717, 1.165) is 17.5 Å². The maximum atomic E-state index is 4.69. The normalized spacial score (nSPS) is 11.5. The molecule has 0 radical (unpaired) electrons. The first-order valence-electron chi connectivity index (χ1n) is 8.21. The number of hydrogen-bond acceptors (Lipinski definition) is 1. The van der Waals surface area contributed by atoms with Gasteiger partial charge in [0.05, 0.1) is 28.3 Å². The van der Waals surface area contributed by atoms with Crippen LogP contribution in [-0.2, 0) is 6.42 Å². The van der Waals surface area contributed by atoms with Gasteiger partial charge in [-0.05, 0) is 29.3 Å². The topological polar surface area (TPSA) is 17.3 Å². The molecule has 2 nitrogen and oxygen atoms in total. The highest BCUT2D eigenvalue weighted by atomic mass is 14.9. The lowest BCUT2D eigenvalue weighted by molar-refractivity contribution is 1.20. The van der Waals surface area contributed by atoms with Gasteiger partial charge in [-0.25, -0.2) is 0 Å². The monoisotopic (exact) mass is 308 g/mol. The van der Waals surface area contributed by atoms with Crippen molar-refractivity contribution < 1.29 is 0 Å². The van der Waals surface area contributed by atoms with E-state index in [1.165, 1.54) is 27.5 Å². The Hall–Kier alpha value is -3.13. The highest BCUT2D eigenvalue weighted by Crippen LogP contribution is 2.31. The molecular weight excluding hydrogens is 292 g/mol. The van der Waals surface area contributed by atoms with E-state index in [-0.39, 0.29) is 0 Å². The predicted octanol–water partition coefficient (Wildman–Crippen LogP) is 5.23. The summed E-state index contributed by atoms with van der Waals surface area (Å²) in [5.74, 6) is 0. The minimum Gasteiger partial charge on any atom is -0.306 e. The Labute approximate surface area is 140 Å². The lowest BCUT2D eigenvalue weighted by Gasteiger charge is -2.04. The third kappa shape index (κ3) is 1.93. The Morgan fingerprint density at radius 3 is 2.25 bits per heavy atom. The van der Waals surface area contributed by atoms with Gasteiger partial charge in [-0.2, -0.15) is 0 Å². The molecule has 0 atom stereocenters. The molecule has 114 valence electrons. The van der Waals surface area contributed by atoms with Gasteiger partial charge in [0.25, 0.3) is 0 Å². The number of fused-ring (bicyclic) bond motifs is 5. The lowest BCUT2D eigenvalue weighted by atomic mass is 10.0. The minimum atomic E-state index is 0.915. The highest BCUT2D eigenvalue weighted by Gasteiger charge is 2.14. The predicted molar refractivity (Wildman–Crippen MR) is 99.5 cm³/mol. The number of nitrogens with zero attached hydrogens (tertiary/aromatic N) is 2. The van der Waals surface area contributed by atoms with Crippen LogP contribution < -0.4 is 0 Å². The summed E-state index contributed by atoms with van der Waals surface area (Å²) >= 11 is 0. The Morgan fingerprint density at radius 1 is 0.667 bits per heavy atom. The van der Waals surface area contributed by atoms with E-state index < -0.39 is 0 Å². The quantitative estimate of drug-likeness (QED) is 0.436. The zero-order valence-electron chi connectivity index (χ0n) is 13.2. The van der Waals surface area contributed by atoms with E-state index in [2.05, 4.69) is 82.2 Å². The van der Waals surface area contributed by atoms with Crippen molar-refractivity contribution in [1.29, 1.82) is 0 Å². The summed E-state index contributed by atoms with van der Waals surface area (Å²) in [4.78, 5) is 4.69. The smallest absolute Gasteiger partial charge is 0.0871 e. The lowest BCUT2D eigenvalue weighted by Crippen LogP contribution is -1.92. The van der Waals surface area contributed by atoms with Crippen molar-refractivity contribution >= 4 is 27.5 Å². The molecule has 0 amide bonds. The van der Waals surface area contributed by atoms with Crippen LogP contribution in [0.3, 0.4) is 0 Å². The van der Waals surface area contributed by atoms with Crippen LogP contribution in [0, 0.1) is 0 Å². The number of para-hydroxylation sites is 3. The average molecular weight is 308 g/mol. The van der Waals surface area contributed by atoms with Crippen molar-refractivity contribution in [3.05, 3.63) is 96.2 Å². The Kier molecular flexibility index (Phi) is 2.89. The number of benzene rings is 3. The first kappa shape index (κ1) is 13.3.